The van der Waals surface area contributed by atoms with Crippen LogP contribution in [0.15, 0.2) is 36.7 Å². The number of rotatable bonds is 2. The number of benzene rings is 2. The number of nitrogens with one attached hydrogen (secondary N) is 1. The van der Waals surface area contributed by atoms with E-state index < -0.39 is 5.82 Å². The highest BCUT2D eigenvalue weighted by atomic mass is 19.1. The van der Waals surface area contributed by atoms with Gasteiger partial charge in [0.15, 0.2) is 0 Å². The first kappa shape index (κ1) is 15.8. The number of aromatic nitrogens is 2. The Labute approximate surface area is 145 Å². The Morgan fingerprint density at radius 2 is 2.08 bits per heavy atom. The molecule has 1 N–H and O–H groups in total. The minimum absolute atomic E-state index is 0.0315. The van der Waals surface area contributed by atoms with E-state index in [1.54, 1.807) is 0 Å². The zero-order valence-electron chi connectivity index (χ0n) is 14.3. The molecule has 0 bridgehead atoms. The van der Waals surface area contributed by atoms with Crippen LogP contribution in [0.5, 0.6) is 0 Å². The second kappa shape index (κ2) is 5.99. The number of amides is 1. The van der Waals surface area contributed by atoms with Gasteiger partial charge in [0.1, 0.15) is 11.3 Å². The molecule has 1 atom stereocenters. The van der Waals surface area contributed by atoms with Crippen LogP contribution in [0, 0.1) is 19.7 Å². The van der Waals surface area contributed by atoms with Crippen molar-refractivity contribution in [2.24, 2.45) is 0 Å². The van der Waals surface area contributed by atoms with Crippen LogP contribution in [-0.4, -0.2) is 27.3 Å². The molecule has 5 heteroatoms. The number of aromatic amines is 1. The fourth-order valence-electron chi connectivity index (χ4n) is 3.66. The van der Waals surface area contributed by atoms with E-state index in [0.717, 1.165) is 18.4 Å². The molecule has 1 aromatic heterocycles. The summed E-state index contributed by atoms with van der Waals surface area (Å²) in [4.78, 5) is 22.1. The molecule has 1 aliphatic heterocycles. The molecule has 1 aliphatic rings. The van der Waals surface area contributed by atoms with Crippen molar-refractivity contribution in [1.82, 2.24) is 14.9 Å². The third-order valence-corrected chi connectivity index (χ3v) is 5.15. The largest absolute Gasteiger partial charge is 0.344 e. The molecule has 1 amide bonds. The normalized spacial score (nSPS) is 17.4. The standard InChI is InChI=1S/C20H20FN3O/c1-12-5-6-14(8-13(12)2)18-4-3-7-24(18)20(25)16-9-15(21)10-17-19(16)23-11-22-17/h5-6,8-11,18H,3-4,7H2,1-2H3,(H,22,23). The van der Waals surface area contributed by atoms with E-state index in [1.807, 2.05) is 4.90 Å². The van der Waals surface area contributed by atoms with Gasteiger partial charge in [-0.25, -0.2) is 9.37 Å². The maximum Gasteiger partial charge on any atom is 0.256 e. The average molecular weight is 337 g/mol. The molecule has 2 aromatic carbocycles. The van der Waals surface area contributed by atoms with Crippen LogP contribution in [-0.2, 0) is 0 Å². The van der Waals surface area contributed by atoms with Crippen molar-refractivity contribution in [3.05, 3.63) is 64.7 Å². The van der Waals surface area contributed by atoms with E-state index in [-0.39, 0.29) is 11.9 Å². The van der Waals surface area contributed by atoms with Gasteiger partial charge in [-0.1, -0.05) is 18.2 Å². The maximum atomic E-state index is 13.9. The van der Waals surface area contributed by atoms with Crippen LogP contribution >= 0.6 is 0 Å². The molecule has 4 nitrogen and oxygen atoms in total. The van der Waals surface area contributed by atoms with Gasteiger partial charge >= 0.3 is 0 Å². The highest BCUT2D eigenvalue weighted by Gasteiger charge is 2.32. The Hall–Kier alpha value is -2.69. The molecule has 0 radical (unpaired) electrons. The first-order valence-electron chi connectivity index (χ1n) is 8.55. The van der Waals surface area contributed by atoms with Gasteiger partial charge in [-0.05, 0) is 55.5 Å². The van der Waals surface area contributed by atoms with Gasteiger partial charge in [0.25, 0.3) is 5.91 Å². The average Bonchev–Trinajstić information content (AvgIpc) is 3.24. The highest BCUT2D eigenvalue weighted by molar-refractivity contribution is 6.05. The number of H-pyrrole nitrogens is 1. The molecule has 0 aliphatic carbocycles. The Balaban J connectivity index is 1.73. The van der Waals surface area contributed by atoms with Crippen LogP contribution < -0.4 is 0 Å². The number of nitrogens with zero attached hydrogens (tertiary/aromatic N) is 2. The molecular weight excluding hydrogens is 317 g/mol. The third kappa shape index (κ3) is 2.69. The summed E-state index contributed by atoms with van der Waals surface area (Å²) in [5.41, 5.74) is 5.00. The number of imidazole rings is 1. The van der Waals surface area contributed by atoms with Gasteiger partial charge in [0.05, 0.1) is 23.4 Å². The highest BCUT2D eigenvalue weighted by Crippen LogP contribution is 2.34. The number of carbonyl (C=O) groups is 1. The van der Waals surface area contributed by atoms with Gasteiger partial charge < -0.3 is 9.88 Å². The van der Waals surface area contributed by atoms with Gasteiger partial charge in [-0.3, -0.25) is 4.79 Å². The maximum absolute atomic E-state index is 13.9. The van der Waals surface area contributed by atoms with E-state index in [4.69, 9.17) is 0 Å². The summed E-state index contributed by atoms with van der Waals surface area (Å²) in [6.45, 7) is 4.84. The van der Waals surface area contributed by atoms with E-state index in [9.17, 15) is 9.18 Å². The smallest absolute Gasteiger partial charge is 0.256 e. The van der Waals surface area contributed by atoms with Crippen molar-refractivity contribution in [2.45, 2.75) is 32.7 Å². The summed E-state index contributed by atoms with van der Waals surface area (Å²) < 4.78 is 13.9. The molecule has 4 rings (SSSR count). The second-order valence-electron chi connectivity index (χ2n) is 6.75. The molecule has 3 aromatic rings. The van der Waals surface area contributed by atoms with Crippen LogP contribution in [0.4, 0.5) is 4.39 Å². The molecule has 2 heterocycles. The molecule has 1 unspecified atom stereocenters. The fourth-order valence-corrected chi connectivity index (χ4v) is 3.66. The van der Waals surface area contributed by atoms with Crippen molar-refractivity contribution < 1.29 is 9.18 Å². The lowest BCUT2D eigenvalue weighted by atomic mass is 9.99. The monoisotopic (exact) mass is 337 g/mol. The van der Waals surface area contributed by atoms with Crippen molar-refractivity contribution in [3.63, 3.8) is 0 Å². The summed E-state index contributed by atoms with van der Waals surface area (Å²) in [5.74, 6) is -0.584. The molecule has 0 spiro atoms. The van der Waals surface area contributed by atoms with Crippen LogP contribution in [0.2, 0.25) is 0 Å². The molecule has 0 saturated carbocycles. The lowest BCUT2D eigenvalue weighted by Crippen LogP contribution is -2.31. The minimum atomic E-state index is -0.429. The van der Waals surface area contributed by atoms with E-state index >= 15 is 0 Å². The number of aryl methyl sites for hydroxylation is 2. The summed E-state index contributed by atoms with van der Waals surface area (Å²) in [6.07, 6.45) is 3.36. The Kier molecular flexibility index (Phi) is 3.79. The molecule has 128 valence electrons. The number of hydrogen-bond acceptors (Lipinski definition) is 2. The molecule has 1 saturated heterocycles. The van der Waals surface area contributed by atoms with Gasteiger partial charge in [0.2, 0.25) is 0 Å². The number of fused-ring (bicyclic) bond motifs is 1. The number of likely N-dealkylation sites (tertiary alicyclic amines) is 1. The van der Waals surface area contributed by atoms with Crippen molar-refractivity contribution in [2.75, 3.05) is 6.54 Å². The minimum Gasteiger partial charge on any atom is -0.344 e. The summed E-state index contributed by atoms with van der Waals surface area (Å²) in [6, 6.07) is 9.03. The van der Waals surface area contributed by atoms with Crippen molar-refractivity contribution in [1.29, 1.82) is 0 Å². The predicted molar refractivity (Wildman–Crippen MR) is 95.0 cm³/mol. The third-order valence-electron chi connectivity index (χ3n) is 5.15. The second-order valence-corrected chi connectivity index (χ2v) is 6.75. The van der Waals surface area contributed by atoms with Gasteiger partial charge in [-0.15, -0.1) is 0 Å². The molecular formula is C20H20FN3O. The van der Waals surface area contributed by atoms with E-state index in [0.29, 0.717) is 23.1 Å². The Bertz CT molecular complexity index is 963. The number of halogens is 1. The Morgan fingerprint density at radius 1 is 1.24 bits per heavy atom. The van der Waals surface area contributed by atoms with Gasteiger partial charge in [0, 0.05) is 6.54 Å². The fraction of sp³-hybridized carbons (Fsp3) is 0.300. The van der Waals surface area contributed by atoms with Crippen LogP contribution in [0.25, 0.3) is 11.0 Å². The lowest BCUT2D eigenvalue weighted by molar-refractivity contribution is 0.0737. The summed E-state index contributed by atoms with van der Waals surface area (Å²) in [7, 11) is 0. The van der Waals surface area contributed by atoms with Crippen molar-refractivity contribution in [3.8, 4) is 0 Å². The molecule has 1 fully saturated rings. The zero-order chi connectivity index (χ0) is 17.6. The quantitative estimate of drug-likeness (QED) is 0.758. The Morgan fingerprint density at radius 3 is 2.88 bits per heavy atom. The zero-order valence-corrected chi connectivity index (χ0v) is 14.3. The summed E-state index contributed by atoms with van der Waals surface area (Å²) >= 11 is 0. The SMILES string of the molecule is Cc1ccc(C2CCCN2C(=O)c2cc(F)cc3[nH]cnc23)cc1C. The van der Waals surface area contributed by atoms with E-state index in [1.165, 1.54) is 29.6 Å². The van der Waals surface area contributed by atoms with Gasteiger partial charge in [-0.2, -0.15) is 0 Å². The van der Waals surface area contributed by atoms with E-state index in [2.05, 4.69) is 42.0 Å². The first-order valence-corrected chi connectivity index (χ1v) is 8.55. The summed E-state index contributed by atoms with van der Waals surface area (Å²) in [5, 5.41) is 0. The predicted octanol–water partition coefficient (Wildman–Crippen LogP) is 4.30. The van der Waals surface area contributed by atoms with Crippen LogP contribution in [0.1, 0.15) is 45.9 Å². The first-order chi connectivity index (χ1) is 12.0. The number of carbonyl (C=O) groups excluding carboxylic acids is 1. The molecule has 25 heavy (non-hydrogen) atoms. The number of hydrogen-bond donors (Lipinski definition) is 1. The van der Waals surface area contributed by atoms with Crippen molar-refractivity contribution >= 4 is 16.9 Å². The van der Waals surface area contributed by atoms with Crippen LogP contribution in [0.3, 0.4) is 0 Å². The lowest BCUT2D eigenvalue weighted by Gasteiger charge is -2.26. The topological polar surface area (TPSA) is 49.0 Å².